The number of hydrogen-bond acceptors (Lipinski definition) is 3. The molecular weight excluding hydrogens is 216 g/mol. The Morgan fingerprint density at radius 2 is 2.12 bits per heavy atom. The summed E-state index contributed by atoms with van der Waals surface area (Å²) < 4.78 is 5.19. The first kappa shape index (κ1) is 14.3. The first-order valence-corrected chi connectivity index (χ1v) is 6.59. The van der Waals surface area contributed by atoms with Crippen LogP contribution < -0.4 is 5.32 Å². The van der Waals surface area contributed by atoms with Crippen LogP contribution in [-0.2, 0) is 4.74 Å². The van der Waals surface area contributed by atoms with Crippen LogP contribution in [0.25, 0.3) is 0 Å². The van der Waals surface area contributed by atoms with Gasteiger partial charge < -0.3 is 10.1 Å². The van der Waals surface area contributed by atoms with Crippen LogP contribution in [0.2, 0.25) is 0 Å². The molecule has 0 radical (unpaired) electrons. The second kappa shape index (κ2) is 6.24. The van der Waals surface area contributed by atoms with Gasteiger partial charge in [0.1, 0.15) is 5.60 Å². The number of nitrogens with zero attached hydrogens (tertiary/aromatic N) is 1. The van der Waals surface area contributed by atoms with Crippen LogP contribution in [0, 0.1) is 0 Å². The molecule has 0 unspecified atom stereocenters. The third-order valence-electron chi connectivity index (χ3n) is 3.01. The summed E-state index contributed by atoms with van der Waals surface area (Å²) in [4.78, 5) is 13.9. The number of alkyl carbamates (subject to hydrolysis) is 1. The maximum absolute atomic E-state index is 11.4. The van der Waals surface area contributed by atoms with E-state index in [1.54, 1.807) is 0 Å². The average molecular weight is 242 g/mol. The van der Waals surface area contributed by atoms with Crippen molar-refractivity contribution in [2.75, 3.05) is 19.6 Å². The fourth-order valence-electron chi connectivity index (χ4n) is 2.11. The third-order valence-corrected chi connectivity index (χ3v) is 3.01. The fraction of sp³-hybridized carbons (Fsp3) is 0.923. The number of carbonyl (C=O) groups excluding carboxylic acids is 1. The first-order valence-electron chi connectivity index (χ1n) is 6.59. The summed E-state index contributed by atoms with van der Waals surface area (Å²) in [5.41, 5.74) is -0.414. The van der Waals surface area contributed by atoms with Crippen molar-refractivity contribution in [3.8, 4) is 0 Å². The predicted octanol–water partition coefficient (Wildman–Crippen LogP) is 2.39. The largest absolute Gasteiger partial charge is 0.444 e. The highest BCUT2D eigenvalue weighted by atomic mass is 16.6. The van der Waals surface area contributed by atoms with E-state index in [9.17, 15) is 4.79 Å². The molecule has 1 atom stereocenters. The molecule has 0 saturated carbocycles. The zero-order valence-corrected chi connectivity index (χ0v) is 11.6. The van der Waals surface area contributed by atoms with Crippen LogP contribution in [-0.4, -0.2) is 42.3 Å². The van der Waals surface area contributed by atoms with Gasteiger partial charge in [-0.3, -0.25) is 4.90 Å². The minimum absolute atomic E-state index is 0.317. The fourth-order valence-corrected chi connectivity index (χ4v) is 2.11. The smallest absolute Gasteiger partial charge is 0.407 e. The number of nitrogens with one attached hydrogen (secondary N) is 1. The molecule has 0 bridgehead atoms. The van der Waals surface area contributed by atoms with Crippen molar-refractivity contribution in [2.24, 2.45) is 0 Å². The Balaban J connectivity index is 2.16. The normalized spacial score (nSPS) is 22.2. The van der Waals surface area contributed by atoms with Gasteiger partial charge in [-0.2, -0.15) is 0 Å². The monoisotopic (exact) mass is 242 g/mol. The Kier molecular flexibility index (Phi) is 5.25. The summed E-state index contributed by atoms with van der Waals surface area (Å²) in [6, 6.07) is 0.643. The van der Waals surface area contributed by atoms with E-state index in [0.717, 1.165) is 13.1 Å². The lowest BCUT2D eigenvalue weighted by atomic mass is 10.0. The van der Waals surface area contributed by atoms with Crippen LogP contribution >= 0.6 is 0 Å². The molecule has 0 aromatic rings. The second-order valence-corrected chi connectivity index (χ2v) is 5.81. The molecule has 17 heavy (non-hydrogen) atoms. The number of likely N-dealkylation sites (tertiary alicyclic amines) is 1. The van der Waals surface area contributed by atoms with Gasteiger partial charge in [0, 0.05) is 19.1 Å². The highest BCUT2D eigenvalue weighted by Crippen LogP contribution is 2.15. The SMILES string of the molecule is C[C@@H]1CCCCN1CCNC(=O)OC(C)(C)C. The molecule has 0 spiro atoms. The molecule has 1 aliphatic rings. The number of carbonyl (C=O) groups is 1. The zero-order valence-electron chi connectivity index (χ0n) is 11.6. The first-order chi connectivity index (χ1) is 7.88. The Morgan fingerprint density at radius 1 is 1.41 bits per heavy atom. The molecule has 4 nitrogen and oxygen atoms in total. The Morgan fingerprint density at radius 3 is 2.71 bits per heavy atom. The van der Waals surface area contributed by atoms with Gasteiger partial charge in [-0.05, 0) is 47.1 Å². The molecule has 1 heterocycles. The van der Waals surface area contributed by atoms with Gasteiger partial charge in [0.25, 0.3) is 0 Å². The minimum Gasteiger partial charge on any atom is -0.444 e. The van der Waals surface area contributed by atoms with Crippen molar-refractivity contribution < 1.29 is 9.53 Å². The summed E-state index contributed by atoms with van der Waals surface area (Å²) in [5.74, 6) is 0. The van der Waals surface area contributed by atoms with E-state index in [4.69, 9.17) is 4.74 Å². The van der Waals surface area contributed by atoms with Gasteiger partial charge in [-0.15, -0.1) is 0 Å². The molecule has 0 aromatic heterocycles. The van der Waals surface area contributed by atoms with Crippen molar-refractivity contribution in [2.45, 2.75) is 58.6 Å². The highest BCUT2D eigenvalue weighted by Gasteiger charge is 2.19. The second-order valence-electron chi connectivity index (χ2n) is 5.81. The molecular formula is C13H26N2O2. The number of hydrogen-bond donors (Lipinski definition) is 1. The van der Waals surface area contributed by atoms with E-state index >= 15 is 0 Å². The van der Waals surface area contributed by atoms with Gasteiger partial charge in [0.05, 0.1) is 0 Å². The minimum atomic E-state index is -0.414. The highest BCUT2D eigenvalue weighted by molar-refractivity contribution is 5.67. The molecule has 1 fully saturated rings. The van der Waals surface area contributed by atoms with E-state index in [1.165, 1.54) is 19.3 Å². The molecule has 1 amide bonds. The van der Waals surface area contributed by atoms with Crippen molar-refractivity contribution in [1.82, 2.24) is 10.2 Å². The van der Waals surface area contributed by atoms with Gasteiger partial charge >= 0.3 is 6.09 Å². The zero-order chi connectivity index (χ0) is 12.9. The standard InChI is InChI=1S/C13H26N2O2/c1-11-7-5-6-9-15(11)10-8-14-12(16)17-13(2,3)4/h11H,5-10H2,1-4H3,(H,14,16)/t11-/m1/s1. The molecule has 1 N–H and O–H groups in total. The van der Waals surface area contributed by atoms with E-state index in [-0.39, 0.29) is 6.09 Å². The maximum atomic E-state index is 11.4. The number of ether oxygens (including phenoxy) is 1. The molecule has 1 rings (SSSR count). The quantitative estimate of drug-likeness (QED) is 0.826. The van der Waals surface area contributed by atoms with Crippen molar-refractivity contribution in [3.05, 3.63) is 0 Å². The van der Waals surface area contributed by atoms with Crippen LogP contribution in [0.15, 0.2) is 0 Å². The Labute approximate surface area is 105 Å². The molecule has 1 aliphatic heterocycles. The summed E-state index contributed by atoms with van der Waals surface area (Å²) in [5, 5.41) is 2.80. The van der Waals surface area contributed by atoms with E-state index < -0.39 is 5.60 Å². The van der Waals surface area contributed by atoms with Crippen molar-refractivity contribution >= 4 is 6.09 Å². The molecule has 0 aromatic carbocycles. The van der Waals surface area contributed by atoms with Crippen molar-refractivity contribution in [1.29, 1.82) is 0 Å². The maximum Gasteiger partial charge on any atom is 0.407 e. The van der Waals surface area contributed by atoms with E-state index in [2.05, 4.69) is 17.1 Å². The van der Waals surface area contributed by atoms with Crippen molar-refractivity contribution in [3.63, 3.8) is 0 Å². The summed E-state index contributed by atoms with van der Waals surface area (Å²) in [6.07, 6.45) is 3.56. The summed E-state index contributed by atoms with van der Waals surface area (Å²) in [6.45, 7) is 10.6. The summed E-state index contributed by atoms with van der Waals surface area (Å²) in [7, 11) is 0. The lowest BCUT2D eigenvalue weighted by Crippen LogP contribution is -2.43. The van der Waals surface area contributed by atoms with Crippen LogP contribution in [0.4, 0.5) is 4.79 Å². The Hall–Kier alpha value is -0.770. The van der Waals surface area contributed by atoms with Gasteiger partial charge in [0.15, 0.2) is 0 Å². The van der Waals surface area contributed by atoms with Gasteiger partial charge in [0.2, 0.25) is 0 Å². The van der Waals surface area contributed by atoms with Crippen LogP contribution in [0.3, 0.4) is 0 Å². The number of piperidine rings is 1. The average Bonchev–Trinajstić information content (AvgIpc) is 2.18. The number of rotatable bonds is 3. The molecule has 4 heteroatoms. The Bertz CT molecular complexity index is 248. The number of amides is 1. The lowest BCUT2D eigenvalue weighted by Gasteiger charge is -2.33. The summed E-state index contributed by atoms with van der Waals surface area (Å²) >= 11 is 0. The van der Waals surface area contributed by atoms with Crippen LogP contribution in [0.5, 0.6) is 0 Å². The van der Waals surface area contributed by atoms with Gasteiger partial charge in [-0.1, -0.05) is 6.42 Å². The lowest BCUT2D eigenvalue weighted by molar-refractivity contribution is 0.0515. The molecule has 100 valence electrons. The molecule has 1 saturated heterocycles. The third kappa shape index (κ3) is 5.91. The van der Waals surface area contributed by atoms with Crippen LogP contribution in [0.1, 0.15) is 47.0 Å². The molecule has 0 aliphatic carbocycles. The van der Waals surface area contributed by atoms with E-state index in [1.807, 2.05) is 20.8 Å². The van der Waals surface area contributed by atoms with Gasteiger partial charge in [-0.25, -0.2) is 4.79 Å². The topological polar surface area (TPSA) is 41.6 Å². The predicted molar refractivity (Wildman–Crippen MR) is 69.1 cm³/mol. The van der Waals surface area contributed by atoms with E-state index in [0.29, 0.717) is 12.6 Å².